The van der Waals surface area contributed by atoms with Crippen LogP contribution in [0.2, 0.25) is 0 Å². The largest absolute Gasteiger partial charge is 0.369 e. The summed E-state index contributed by atoms with van der Waals surface area (Å²) < 4.78 is 14.5. The van der Waals surface area contributed by atoms with Gasteiger partial charge in [-0.05, 0) is 55.2 Å². The van der Waals surface area contributed by atoms with E-state index in [-0.39, 0.29) is 5.82 Å². The lowest BCUT2D eigenvalue weighted by Gasteiger charge is -2.34. The van der Waals surface area contributed by atoms with Crippen molar-refractivity contribution in [2.24, 2.45) is 0 Å². The summed E-state index contributed by atoms with van der Waals surface area (Å²) in [6, 6.07) is 13.3. The number of halogens is 2. The zero-order chi connectivity index (χ0) is 18.5. The van der Waals surface area contributed by atoms with Gasteiger partial charge in [0.2, 0.25) is 0 Å². The Hall–Kier alpha value is -1.70. The summed E-state index contributed by atoms with van der Waals surface area (Å²) in [5.41, 5.74) is 2.74. The van der Waals surface area contributed by atoms with Crippen molar-refractivity contribution in [1.29, 1.82) is 0 Å². The van der Waals surface area contributed by atoms with E-state index in [0.717, 1.165) is 31.7 Å². The molecular weight excluding hydrogens is 415 g/mol. The molecule has 1 heterocycles. The molecule has 0 amide bonds. The van der Waals surface area contributed by atoms with E-state index in [0.29, 0.717) is 21.8 Å². The Bertz CT molecular complexity index is 761. The first-order valence-corrected chi connectivity index (χ1v) is 9.74. The number of hydrogen-bond donors (Lipinski definition) is 2. The highest BCUT2D eigenvalue weighted by Gasteiger charge is 2.14. The lowest BCUT2D eigenvalue weighted by molar-refractivity contribution is 0.313. The molecule has 2 N–H and O–H groups in total. The second kappa shape index (κ2) is 8.79. The van der Waals surface area contributed by atoms with Crippen LogP contribution in [0.25, 0.3) is 0 Å². The van der Waals surface area contributed by atoms with Crippen LogP contribution in [-0.4, -0.2) is 43.2 Å². The highest BCUT2D eigenvalue weighted by molar-refractivity contribution is 9.10. The van der Waals surface area contributed by atoms with Crippen LogP contribution in [0.3, 0.4) is 0 Å². The lowest BCUT2D eigenvalue weighted by Crippen LogP contribution is -2.44. The minimum Gasteiger partial charge on any atom is -0.369 e. The predicted molar refractivity (Wildman–Crippen MR) is 113 cm³/mol. The predicted octanol–water partition coefficient (Wildman–Crippen LogP) is 3.83. The van der Waals surface area contributed by atoms with Crippen LogP contribution < -0.4 is 15.5 Å². The second-order valence-electron chi connectivity index (χ2n) is 6.39. The van der Waals surface area contributed by atoms with E-state index in [1.54, 1.807) is 12.1 Å². The lowest BCUT2D eigenvalue weighted by atomic mass is 10.2. The molecule has 3 rings (SSSR count). The van der Waals surface area contributed by atoms with Gasteiger partial charge in [-0.1, -0.05) is 28.1 Å². The smallest absolute Gasteiger partial charge is 0.171 e. The van der Waals surface area contributed by atoms with E-state index in [2.05, 4.69) is 67.7 Å². The van der Waals surface area contributed by atoms with Crippen molar-refractivity contribution in [1.82, 2.24) is 10.2 Å². The van der Waals surface area contributed by atoms with E-state index >= 15 is 0 Å². The Labute approximate surface area is 167 Å². The van der Waals surface area contributed by atoms with Gasteiger partial charge in [0.05, 0.1) is 5.69 Å². The third kappa shape index (κ3) is 5.16. The van der Waals surface area contributed by atoms with Gasteiger partial charge < -0.3 is 20.4 Å². The monoisotopic (exact) mass is 436 g/mol. The molecule has 0 aromatic heterocycles. The maximum Gasteiger partial charge on any atom is 0.171 e. The topological polar surface area (TPSA) is 30.5 Å². The molecule has 138 valence electrons. The molecule has 0 radical (unpaired) electrons. The highest BCUT2D eigenvalue weighted by Crippen LogP contribution is 2.19. The maximum absolute atomic E-state index is 13.8. The number of nitrogens with one attached hydrogen (secondary N) is 2. The molecule has 1 saturated heterocycles. The Kier molecular flexibility index (Phi) is 6.45. The SMILES string of the molecule is CN1CCN(c2ccc(CNC(=S)Nc3ccc(Br)cc3F)cc2)CC1. The second-order valence-corrected chi connectivity index (χ2v) is 7.71. The number of rotatable bonds is 4. The third-order valence-electron chi connectivity index (χ3n) is 4.44. The summed E-state index contributed by atoms with van der Waals surface area (Å²) in [5, 5.41) is 6.40. The van der Waals surface area contributed by atoms with Crippen molar-refractivity contribution in [2.75, 3.05) is 43.4 Å². The van der Waals surface area contributed by atoms with Gasteiger partial charge in [0.25, 0.3) is 0 Å². The minimum atomic E-state index is -0.347. The van der Waals surface area contributed by atoms with E-state index in [9.17, 15) is 4.39 Å². The molecule has 0 atom stereocenters. The van der Waals surface area contributed by atoms with Crippen LogP contribution in [-0.2, 0) is 6.54 Å². The number of likely N-dealkylation sites (N-methyl/N-ethyl adjacent to an activating group) is 1. The maximum atomic E-state index is 13.8. The minimum absolute atomic E-state index is 0.347. The molecule has 2 aromatic rings. The molecule has 1 aliphatic heterocycles. The highest BCUT2D eigenvalue weighted by atomic mass is 79.9. The van der Waals surface area contributed by atoms with Crippen LogP contribution >= 0.6 is 28.1 Å². The number of hydrogen-bond acceptors (Lipinski definition) is 3. The number of benzene rings is 2. The zero-order valence-electron chi connectivity index (χ0n) is 14.6. The summed E-state index contributed by atoms with van der Waals surface area (Å²) in [5.74, 6) is -0.347. The molecule has 26 heavy (non-hydrogen) atoms. The van der Waals surface area contributed by atoms with Gasteiger partial charge in [-0.15, -0.1) is 0 Å². The van der Waals surface area contributed by atoms with Crippen LogP contribution in [0.5, 0.6) is 0 Å². The van der Waals surface area contributed by atoms with Crippen LogP contribution in [0.15, 0.2) is 46.9 Å². The molecule has 1 aliphatic rings. The molecule has 7 heteroatoms. The Morgan fingerprint density at radius 3 is 2.46 bits per heavy atom. The Morgan fingerprint density at radius 2 is 1.81 bits per heavy atom. The van der Waals surface area contributed by atoms with Crippen molar-refractivity contribution < 1.29 is 4.39 Å². The quantitative estimate of drug-likeness (QED) is 0.711. The third-order valence-corrected chi connectivity index (χ3v) is 5.18. The van der Waals surface area contributed by atoms with E-state index in [1.807, 2.05) is 0 Å². The molecule has 4 nitrogen and oxygen atoms in total. The van der Waals surface area contributed by atoms with Crippen molar-refractivity contribution in [2.45, 2.75) is 6.54 Å². The first-order chi connectivity index (χ1) is 12.5. The van der Waals surface area contributed by atoms with Gasteiger partial charge in [-0.2, -0.15) is 0 Å². The molecule has 0 saturated carbocycles. The van der Waals surface area contributed by atoms with E-state index in [1.165, 1.54) is 11.8 Å². The van der Waals surface area contributed by atoms with Gasteiger partial charge in [0.1, 0.15) is 5.82 Å². The zero-order valence-corrected chi connectivity index (χ0v) is 17.0. The number of nitrogens with zero attached hydrogens (tertiary/aromatic N) is 2. The summed E-state index contributed by atoms with van der Waals surface area (Å²) in [6.45, 7) is 4.89. The summed E-state index contributed by atoms with van der Waals surface area (Å²) >= 11 is 8.49. The van der Waals surface area contributed by atoms with Gasteiger partial charge >= 0.3 is 0 Å². The molecule has 0 unspecified atom stereocenters. The molecule has 0 spiro atoms. The Morgan fingerprint density at radius 1 is 1.12 bits per heavy atom. The van der Waals surface area contributed by atoms with E-state index in [4.69, 9.17) is 12.2 Å². The van der Waals surface area contributed by atoms with Gasteiger partial charge in [0.15, 0.2) is 5.11 Å². The normalized spacial score (nSPS) is 15.0. The number of anilines is 2. The molecule has 0 aliphatic carbocycles. The van der Waals surface area contributed by atoms with Crippen molar-refractivity contribution in [3.05, 3.63) is 58.3 Å². The van der Waals surface area contributed by atoms with Gasteiger partial charge in [-0.25, -0.2) is 4.39 Å². The molecule has 1 fully saturated rings. The fraction of sp³-hybridized carbons (Fsp3) is 0.316. The van der Waals surface area contributed by atoms with Gasteiger partial charge in [0, 0.05) is 42.9 Å². The summed E-state index contributed by atoms with van der Waals surface area (Å²) in [7, 11) is 2.16. The van der Waals surface area contributed by atoms with Crippen LogP contribution in [0, 0.1) is 5.82 Å². The van der Waals surface area contributed by atoms with Crippen molar-refractivity contribution >= 4 is 44.6 Å². The number of piperazine rings is 1. The van der Waals surface area contributed by atoms with Gasteiger partial charge in [-0.3, -0.25) is 0 Å². The molecule has 0 bridgehead atoms. The molecular formula is C19H22BrFN4S. The van der Waals surface area contributed by atoms with Crippen LogP contribution in [0.4, 0.5) is 15.8 Å². The van der Waals surface area contributed by atoms with Crippen molar-refractivity contribution in [3.63, 3.8) is 0 Å². The van der Waals surface area contributed by atoms with E-state index < -0.39 is 0 Å². The summed E-state index contributed by atoms with van der Waals surface area (Å²) in [6.07, 6.45) is 0. The van der Waals surface area contributed by atoms with Crippen molar-refractivity contribution in [3.8, 4) is 0 Å². The standard InChI is InChI=1S/C19H22BrFN4S/c1-24-8-10-25(11-9-24)16-5-2-14(3-6-16)13-22-19(26)23-18-7-4-15(20)12-17(18)21/h2-7,12H,8-11,13H2,1H3,(H2,22,23,26). The Balaban J connectivity index is 1.50. The van der Waals surface area contributed by atoms with Crippen LogP contribution in [0.1, 0.15) is 5.56 Å². The summed E-state index contributed by atoms with van der Waals surface area (Å²) in [4.78, 5) is 4.75. The first kappa shape index (κ1) is 19.1. The molecule has 2 aromatic carbocycles. The number of thiocarbonyl (C=S) groups is 1. The average Bonchev–Trinajstić information content (AvgIpc) is 2.63. The fourth-order valence-corrected chi connectivity index (χ4v) is 3.34. The fourth-order valence-electron chi connectivity index (χ4n) is 2.83. The first-order valence-electron chi connectivity index (χ1n) is 8.53. The average molecular weight is 437 g/mol.